The summed E-state index contributed by atoms with van der Waals surface area (Å²) in [4.78, 5) is 28.4. The van der Waals surface area contributed by atoms with Crippen molar-refractivity contribution in [3.05, 3.63) is 119 Å². The van der Waals surface area contributed by atoms with Crippen molar-refractivity contribution in [1.29, 1.82) is 0 Å². The molecule has 2 amide bonds. The van der Waals surface area contributed by atoms with E-state index in [1.165, 1.54) is 24.1 Å². The number of sulfonamides is 1. The van der Waals surface area contributed by atoms with Crippen LogP contribution in [0.5, 0.6) is 11.5 Å². The third kappa shape index (κ3) is 7.74. The number of hydrogen-bond donors (Lipinski definition) is 1. The Kier molecular flexibility index (Phi) is 10.4. The lowest BCUT2D eigenvalue weighted by Crippen LogP contribution is -2.51. The molecule has 1 N–H and O–H groups in total. The molecule has 4 aromatic rings. The van der Waals surface area contributed by atoms with Gasteiger partial charge in [-0.3, -0.25) is 13.9 Å². The molecule has 0 aromatic heterocycles. The van der Waals surface area contributed by atoms with Crippen LogP contribution in [-0.4, -0.2) is 44.8 Å². The van der Waals surface area contributed by atoms with Crippen LogP contribution in [0.4, 0.5) is 5.69 Å². The molecule has 224 valence electrons. The molecule has 0 saturated carbocycles. The molecule has 0 aliphatic heterocycles. The fourth-order valence-corrected chi connectivity index (χ4v) is 6.18. The van der Waals surface area contributed by atoms with Crippen LogP contribution < -0.4 is 14.4 Å². The van der Waals surface area contributed by atoms with Crippen molar-refractivity contribution in [2.24, 2.45) is 0 Å². The second-order valence-corrected chi connectivity index (χ2v) is 12.2. The number of likely N-dealkylation sites (N-methyl/N-ethyl adjacent to an activating group) is 1. The largest absolute Gasteiger partial charge is 0.457 e. The minimum absolute atomic E-state index is 0.0205. The van der Waals surface area contributed by atoms with Gasteiger partial charge in [-0.25, -0.2) is 8.42 Å². The van der Waals surface area contributed by atoms with Gasteiger partial charge in [0.25, 0.3) is 10.0 Å². The first-order valence-electron chi connectivity index (χ1n) is 13.8. The van der Waals surface area contributed by atoms with Gasteiger partial charge in [-0.05, 0) is 73.5 Å². The highest BCUT2D eigenvalue weighted by molar-refractivity contribution is 7.92. The van der Waals surface area contributed by atoms with Gasteiger partial charge in [0.2, 0.25) is 11.8 Å². The summed E-state index contributed by atoms with van der Waals surface area (Å²) in [6.07, 6.45) is 0.312. The Morgan fingerprint density at radius 1 is 0.860 bits per heavy atom. The molecular formula is C33H34ClN3O5S. The van der Waals surface area contributed by atoms with Gasteiger partial charge in [-0.1, -0.05) is 72.6 Å². The summed E-state index contributed by atoms with van der Waals surface area (Å²) in [6, 6.07) is 28.3. The lowest BCUT2D eigenvalue weighted by Gasteiger charge is -2.33. The van der Waals surface area contributed by atoms with Crippen LogP contribution in [-0.2, 0) is 26.2 Å². The number of para-hydroxylation sites is 1. The summed E-state index contributed by atoms with van der Waals surface area (Å²) in [7, 11) is -2.70. The van der Waals surface area contributed by atoms with Gasteiger partial charge in [-0.2, -0.15) is 0 Å². The summed E-state index contributed by atoms with van der Waals surface area (Å²) in [5.41, 5.74) is 1.79. The van der Waals surface area contributed by atoms with E-state index in [2.05, 4.69) is 5.32 Å². The van der Waals surface area contributed by atoms with Crippen LogP contribution in [0.2, 0.25) is 5.02 Å². The van der Waals surface area contributed by atoms with Gasteiger partial charge in [0.15, 0.2) is 0 Å². The number of ether oxygens (including phenoxy) is 1. The van der Waals surface area contributed by atoms with Crippen LogP contribution >= 0.6 is 11.6 Å². The van der Waals surface area contributed by atoms with E-state index in [9.17, 15) is 18.0 Å². The molecule has 4 rings (SSSR count). The maximum atomic E-state index is 14.1. The summed E-state index contributed by atoms with van der Waals surface area (Å²) in [6.45, 7) is 3.12. The van der Waals surface area contributed by atoms with Crippen LogP contribution in [0.3, 0.4) is 0 Å². The molecular weight excluding hydrogens is 586 g/mol. The summed E-state index contributed by atoms with van der Waals surface area (Å²) >= 11 is 6.42. The van der Waals surface area contributed by atoms with E-state index in [1.807, 2.05) is 37.3 Å². The first-order chi connectivity index (χ1) is 20.6. The predicted molar refractivity (Wildman–Crippen MR) is 169 cm³/mol. The van der Waals surface area contributed by atoms with Gasteiger partial charge in [0.1, 0.15) is 24.1 Å². The highest BCUT2D eigenvalue weighted by atomic mass is 35.5. The lowest BCUT2D eigenvalue weighted by molar-refractivity contribution is -0.140. The Balaban J connectivity index is 1.73. The molecule has 10 heteroatoms. The number of nitrogens with zero attached hydrogens (tertiary/aromatic N) is 2. The molecule has 0 saturated heterocycles. The van der Waals surface area contributed by atoms with E-state index < -0.39 is 28.5 Å². The van der Waals surface area contributed by atoms with Crippen molar-refractivity contribution in [3.63, 3.8) is 0 Å². The molecule has 0 heterocycles. The number of nitrogens with one attached hydrogen (secondary N) is 1. The zero-order valence-corrected chi connectivity index (χ0v) is 25.8. The van der Waals surface area contributed by atoms with E-state index in [-0.39, 0.29) is 23.0 Å². The molecule has 0 spiro atoms. The predicted octanol–water partition coefficient (Wildman–Crippen LogP) is 6.19. The van der Waals surface area contributed by atoms with Crippen molar-refractivity contribution in [2.75, 3.05) is 17.9 Å². The number of rotatable bonds is 12. The molecule has 8 nitrogen and oxygen atoms in total. The molecule has 0 aliphatic rings. The van der Waals surface area contributed by atoms with E-state index in [0.717, 1.165) is 9.87 Å². The standard InChI is InChI=1S/C33H34ClN3O5S/c1-4-31(33(39)35-3)36(22-25-10-8-9-13-30(25)34)32(38)23-37(43(40,41)29-20-14-24(2)15-21-29)26-16-18-28(19-17-26)42-27-11-6-5-7-12-27/h5-21,31H,4,22-23H2,1-3H3,(H,35,39)/t31-/m0/s1. The number of aryl methyl sites for hydroxylation is 1. The van der Waals surface area contributed by atoms with Gasteiger partial charge in [0, 0.05) is 18.6 Å². The fourth-order valence-electron chi connectivity index (χ4n) is 4.57. The highest BCUT2D eigenvalue weighted by Gasteiger charge is 2.33. The quantitative estimate of drug-likeness (QED) is 0.204. The SMILES string of the molecule is CC[C@@H](C(=O)NC)N(Cc1ccccc1Cl)C(=O)CN(c1ccc(Oc2ccccc2)cc1)S(=O)(=O)c1ccc(C)cc1. The van der Waals surface area contributed by atoms with Crippen LogP contribution in [0, 0.1) is 6.92 Å². The Morgan fingerprint density at radius 3 is 2.07 bits per heavy atom. The number of benzene rings is 4. The minimum atomic E-state index is -4.19. The molecule has 0 aliphatic carbocycles. The summed E-state index contributed by atoms with van der Waals surface area (Å²) < 4.78 is 35.0. The zero-order chi connectivity index (χ0) is 31.0. The number of amides is 2. The van der Waals surface area contributed by atoms with Gasteiger partial charge in [0.05, 0.1) is 10.6 Å². The van der Waals surface area contributed by atoms with E-state index in [0.29, 0.717) is 28.5 Å². The molecule has 0 bridgehead atoms. The fraction of sp³-hybridized carbons (Fsp3) is 0.212. The van der Waals surface area contributed by atoms with Crippen molar-refractivity contribution >= 4 is 39.1 Å². The molecule has 4 aromatic carbocycles. The Morgan fingerprint density at radius 2 is 1.47 bits per heavy atom. The molecule has 0 fully saturated rings. The summed E-state index contributed by atoms with van der Waals surface area (Å²) in [5.74, 6) is 0.207. The lowest BCUT2D eigenvalue weighted by atomic mass is 10.1. The average molecular weight is 620 g/mol. The number of hydrogen-bond acceptors (Lipinski definition) is 5. The van der Waals surface area contributed by atoms with E-state index in [4.69, 9.17) is 16.3 Å². The minimum Gasteiger partial charge on any atom is -0.457 e. The van der Waals surface area contributed by atoms with Crippen molar-refractivity contribution in [3.8, 4) is 11.5 Å². The second-order valence-electron chi connectivity index (χ2n) is 9.89. The molecule has 0 radical (unpaired) electrons. The van der Waals surface area contributed by atoms with Gasteiger partial charge < -0.3 is 15.0 Å². The highest BCUT2D eigenvalue weighted by Crippen LogP contribution is 2.29. The van der Waals surface area contributed by atoms with Crippen LogP contribution in [0.25, 0.3) is 0 Å². The first-order valence-corrected chi connectivity index (χ1v) is 15.6. The van der Waals surface area contributed by atoms with Crippen molar-refractivity contribution in [2.45, 2.75) is 37.8 Å². The second kappa shape index (κ2) is 14.2. The molecule has 43 heavy (non-hydrogen) atoms. The third-order valence-corrected chi connectivity index (χ3v) is 9.08. The van der Waals surface area contributed by atoms with E-state index >= 15 is 0 Å². The van der Waals surface area contributed by atoms with E-state index in [1.54, 1.807) is 67.6 Å². The van der Waals surface area contributed by atoms with Crippen LogP contribution in [0.1, 0.15) is 24.5 Å². The Hall–Kier alpha value is -4.34. The maximum Gasteiger partial charge on any atom is 0.264 e. The molecule has 0 unspecified atom stereocenters. The monoisotopic (exact) mass is 619 g/mol. The Labute approximate surface area is 257 Å². The van der Waals surface area contributed by atoms with Crippen LogP contribution in [0.15, 0.2) is 108 Å². The number of carbonyl (C=O) groups is 2. The maximum absolute atomic E-state index is 14.1. The van der Waals surface area contributed by atoms with Crippen molar-refractivity contribution in [1.82, 2.24) is 10.2 Å². The van der Waals surface area contributed by atoms with Crippen molar-refractivity contribution < 1.29 is 22.7 Å². The smallest absolute Gasteiger partial charge is 0.264 e. The number of carbonyl (C=O) groups excluding carboxylic acids is 2. The third-order valence-electron chi connectivity index (χ3n) is 6.92. The first kappa shape index (κ1) is 31.6. The number of halogens is 1. The number of anilines is 1. The molecule has 1 atom stereocenters. The summed E-state index contributed by atoms with van der Waals surface area (Å²) in [5, 5.41) is 3.05. The van der Waals surface area contributed by atoms with Gasteiger partial charge >= 0.3 is 0 Å². The topological polar surface area (TPSA) is 96.0 Å². The average Bonchev–Trinajstić information content (AvgIpc) is 3.01. The Bertz CT molecular complexity index is 1650. The zero-order valence-electron chi connectivity index (χ0n) is 24.2. The van der Waals surface area contributed by atoms with Gasteiger partial charge in [-0.15, -0.1) is 0 Å². The normalized spacial score (nSPS) is 11.8.